The Morgan fingerprint density at radius 3 is 2.63 bits per heavy atom. The molecule has 0 aromatic heterocycles. The topological polar surface area (TPSA) is 46.3 Å². The standard InChI is InChI=1S/C14H18BrFN2O/c1-18(10-7-5-9(17)6-8-10)14(19)11-3-2-4-12(16)13(11)15/h2-4,9-10H,5-8,17H2,1H3. The number of rotatable bonds is 2. The number of nitrogens with zero attached hydrogens (tertiary/aromatic N) is 1. The first-order valence-electron chi connectivity index (χ1n) is 6.47. The zero-order valence-electron chi connectivity index (χ0n) is 10.9. The van der Waals surface area contributed by atoms with E-state index in [4.69, 9.17) is 5.73 Å². The van der Waals surface area contributed by atoms with E-state index in [1.54, 1.807) is 24.1 Å². The molecule has 2 rings (SSSR count). The van der Waals surface area contributed by atoms with Gasteiger partial charge in [-0.15, -0.1) is 0 Å². The molecule has 5 heteroatoms. The Bertz CT molecular complexity index is 473. The van der Waals surface area contributed by atoms with Crippen LogP contribution in [0.1, 0.15) is 36.0 Å². The average Bonchev–Trinajstić information content (AvgIpc) is 2.41. The molecule has 0 unspecified atom stereocenters. The molecule has 0 heterocycles. The highest BCUT2D eigenvalue weighted by atomic mass is 79.9. The van der Waals surface area contributed by atoms with Gasteiger partial charge >= 0.3 is 0 Å². The van der Waals surface area contributed by atoms with E-state index >= 15 is 0 Å². The lowest BCUT2D eigenvalue weighted by atomic mass is 9.90. The predicted octanol–water partition coefficient (Wildman–Crippen LogP) is 2.93. The number of nitrogens with two attached hydrogens (primary N) is 1. The van der Waals surface area contributed by atoms with E-state index < -0.39 is 5.82 Å². The maximum Gasteiger partial charge on any atom is 0.255 e. The van der Waals surface area contributed by atoms with Gasteiger partial charge in [-0.05, 0) is 53.7 Å². The molecule has 0 atom stereocenters. The monoisotopic (exact) mass is 328 g/mol. The summed E-state index contributed by atoms with van der Waals surface area (Å²) in [7, 11) is 1.78. The van der Waals surface area contributed by atoms with Crippen molar-refractivity contribution in [1.29, 1.82) is 0 Å². The van der Waals surface area contributed by atoms with Crippen LogP contribution in [0.5, 0.6) is 0 Å². The van der Waals surface area contributed by atoms with Gasteiger partial charge in [-0.1, -0.05) is 6.07 Å². The van der Waals surface area contributed by atoms with Crippen molar-refractivity contribution in [3.05, 3.63) is 34.1 Å². The molecule has 1 aliphatic rings. The van der Waals surface area contributed by atoms with Crippen LogP contribution in [-0.2, 0) is 0 Å². The number of amides is 1. The predicted molar refractivity (Wildman–Crippen MR) is 76.4 cm³/mol. The quantitative estimate of drug-likeness (QED) is 0.907. The van der Waals surface area contributed by atoms with E-state index in [1.807, 2.05) is 0 Å². The molecule has 0 bridgehead atoms. The van der Waals surface area contributed by atoms with Gasteiger partial charge in [-0.3, -0.25) is 4.79 Å². The smallest absolute Gasteiger partial charge is 0.255 e. The van der Waals surface area contributed by atoms with E-state index in [0.29, 0.717) is 5.56 Å². The molecule has 2 N–H and O–H groups in total. The van der Waals surface area contributed by atoms with Crippen LogP contribution in [0.2, 0.25) is 0 Å². The highest BCUT2D eigenvalue weighted by Gasteiger charge is 2.26. The minimum Gasteiger partial charge on any atom is -0.339 e. The van der Waals surface area contributed by atoms with Crippen molar-refractivity contribution in [3.8, 4) is 0 Å². The Hall–Kier alpha value is -0.940. The normalized spacial score (nSPS) is 23.2. The lowest BCUT2D eigenvalue weighted by Crippen LogP contribution is -2.42. The maximum atomic E-state index is 13.5. The number of carbonyl (C=O) groups is 1. The van der Waals surface area contributed by atoms with Crippen molar-refractivity contribution in [2.75, 3.05) is 7.05 Å². The van der Waals surface area contributed by atoms with Crippen molar-refractivity contribution in [2.24, 2.45) is 5.73 Å². The molecule has 1 aliphatic carbocycles. The zero-order chi connectivity index (χ0) is 14.0. The molecule has 0 saturated heterocycles. The number of carbonyl (C=O) groups excluding carboxylic acids is 1. The Kier molecular flexibility index (Phi) is 4.58. The first-order valence-corrected chi connectivity index (χ1v) is 7.26. The maximum absolute atomic E-state index is 13.5. The van der Waals surface area contributed by atoms with Gasteiger partial charge in [0.15, 0.2) is 0 Å². The molecule has 19 heavy (non-hydrogen) atoms. The minimum atomic E-state index is -0.412. The highest BCUT2D eigenvalue weighted by molar-refractivity contribution is 9.10. The van der Waals surface area contributed by atoms with Crippen LogP contribution >= 0.6 is 15.9 Å². The molecule has 0 spiro atoms. The Balaban J connectivity index is 2.13. The van der Waals surface area contributed by atoms with Crippen LogP contribution in [-0.4, -0.2) is 29.9 Å². The van der Waals surface area contributed by atoms with Gasteiger partial charge in [-0.2, -0.15) is 0 Å². The van der Waals surface area contributed by atoms with Crippen LogP contribution < -0.4 is 5.73 Å². The van der Waals surface area contributed by atoms with Crippen LogP contribution in [0.25, 0.3) is 0 Å². The molecule has 104 valence electrons. The number of hydrogen-bond acceptors (Lipinski definition) is 2. The SMILES string of the molecule is CN(C(=O)c1cccc(F)c1Br)C1CCC(N)CC1. The van der Waals surface area contributed by atoms with Gasteiger partial charge in [0.2, 0.25) is 0 Å². The molecular formula is C14H18BrFN2O. The number of halogens is 2. The highest BCUT2D eigenvalue weighted by Crippen LogP contribution is 2.26. The third kappa shape index (κ3) is 3.15. The van der Waals surface area contributed by atoms with Crippen LogP contribution in [0.4, 0.5) is 4.39 Å². The number of benzene rings is 1. The second kappa shape index (κ2) is 6.01. The van der Waals surface area contributed by atoms with Crippen molar-refractivity contribution in [3.63, 3.8) is 0 Å². The number of hydrogen-bond donors (Lipinski definition) is 1. The first kappa shape index (κ1) is 14.5. The Morgan fingerprint density at radius 1 is 1.37 bits per heavy atom. The summed E-state index contributed by atoms with van der Waals surface area (Å²) in [5.41, 5.74) is 6.24. The second-order valence-corrected chi connectivity index (χ2v) is 5.88. The van der Waals surface area contributed by atoms with Gasteiger partial charge in [0.25, 0.3) is 5.91 Å². The fraction of sp³-hybridized carbons (Fsp3) is 0.500. The third-order valence-electron chi connectivity index (χ3n) is 3.79. The molecule has 1 amide bonds. The largest absolute Gasteiger partial charge is 0.339 e. The van der Waals surface area contributed by atoms with Crippen molar-refractivity contribution in [1.82, 2.24) is 4.90 Å². The molecule has 0 radical (unpaired) electrons. The fourth-order valence-corrected chi connectivity index (χ4v) is 2.95. The van der Waals surface area contributed by atoms with Crippen LogP contribution in [0.15, 0.2) is 22.7 Å². The van der Waals surface area contributed by atoms with E-state index in [0.717, 1.165) is 25.7 Å². The summed E-state index contributed by atoms with van der Waals surface area (Å²) in [4.78, 5) is 14.1. The fourth-order valence-electron chi connectivity index (χ4n) is 2.51. The summed E-state index contributed by atoms with van der Waals surface area (Å²) in [6.07, 6.45) is 3.70. The summed E-state index contributed by atoms with van der Waals surface area (Å²) in [6, 6.07) is 4.97. The summed E-state index contributed by atoms with van der Waals surface area (Å²) >= 11 is 3.14. The lowest BCUT2D eigenvalue weighted by Gasteiger charge is -2.33. The zero-order valence-corrected chi connectivity index (χ0v) is 12.5. The Labute approximate surface area is 121 Å². The molecule has 0 aliphatic heterocycles. The van der Waals surface area contributed by atoms with Gasteiger partial charge in [0, 0.05) is 19.1 Å². The van der Waals surface area contributed by atoms with E-state index in [9.17, 15) is 9.18 Å². The van der Waals surface area contributed by atoms with Crippen LogP contribution in [0, 0.1) is 5.82 Å². The average molecular weight is 329 g/mol. The summed E-state index contributed by atoms with van der Waals surface area (Å²) in [5.74, 6) is -0.559. The lowest BCUT2D eigenvalue weighted by molar-refractivity contribution is 0.0688. The summed E-state index contributed by atoms with van der Waals surface area (Å²) in [5, 5.41) is 0. The molecule has 1 fully saturated rings. The third-order valence-corrected chi connectivity index (χ3v) is 4.60. The van der Waals surface area contributed by atoms with Gasteiger partial charge in [0.1, 0.15) is 5.82 Å². The summed E-state index contributed by atoms with van der Waals surface area (Å²) in [6.45, 7) is 0. The molecule has 1 aromatic rings. The molecular weight excluding hydrogens is 311 g/mol. The van der Waals surface area contributed by atoms with Crippen molar-refractivity contribution < 1.29 is 9.18 Å². The van der Waals surface area contributed by atoms with Crippen molar-refractivity contribution >= 4 is 21.8 Å². The minimum absolute atomic E-state index is 0.146. The summed E-state index contributed by atoms with van der Waals surface area (Å²) < 4.78 is 13.7. The van der Waals surface area contributed by atoms with Crippen LogP contribution in [0.3, 0.4) is 0 Å². The van der Waals surface area contributed by atoms with Gasteiger partial charge in [-0.25, -0.2) is 4.39 Å². The van der Waals surface area contributed by atoms with Crippen molar-refractivity contribution in [2.45, 2.75) is 37.8 Å². The Morgan fingerprint density at radius 2 is 2.00 bits per heavy atom. The van der Waals surface area contributed by atoms with E-state index in [-0.39, 0.29) is 22.5 Å². The second-order valence-electron chi connectivity index (χ2n) is 5.09. The molecule has 1 aromatic carbocycles. The van der Waals surface area contributed by atoms with E-state index in [2.05, 4.69) is 15.9 Å². The van der Waals surface area contributed by atoms with Gasteiger partial charge < -0.3 is 10.6 Å². The van der Waals surface area contributed by atoms with E-state index in [1.165, 1.54) is 6.07 Å². The van der Waals surface area contributed by atoms with Gasteiger partial charge in [0.05, 0.1) is 10.0 Å². The molecule has 1 saturated carbocycles. The molecule has 3 nitrogen and oxygen atoms in total. The first-order chi connectivity index (χ1) is 9.00.